The lowest BCUT2D eigenvalue weighted by atomic mass is 9.91. The van der Waals surface area contributed by atoms with Crippen molar-refractivity contribution in [2.75, 3.05) is 0 Å². The maximum Gasteiger partial charge on any atom is 0.156 e. The molecule has 4 aromatic heterocycles. The zero-order chi connectivity index (χ0) is 38.6. The molecule has 0 saturated carbocycles. The maximum absolute atomic E-state index is 5.32. The van der Waals surface area contributed by atoms with Gasteiger partial charge in [0.25, 0.3) is 0 Å². The Balaban J connectivity index is 0.913. The molecule has 0 radical (unpaired) electrons. The van der Waals surface area contributed by atoms with Gasteiger partial charge in [-0.05, 0) is 90.8 Å². The van der Waals surface area contributed by atoms with Gasteiger partial charge in [-0.25, -0.2) is 4.98 Å². The van der Waals surface area contributed by atoms with E-state index in [2.05, 4.69) is 199 Å². The van der Waals surface area contributed by atoms with Gasteiger partial charge in [0.05, 0.1) is 21.4 Å². The molecule has 0 saturated heterocycles. The van der Waals surface area contributed by atoms with Crippen LogP contribution < -0.4 is 0 Å². The van der Waals surface area contributed by atoms with Gasteiger partial charge in [0.15, 0.2) is 5.65 Å². The van der Waals surface area contributed by atoms with Crippen molar-refractivity contribution in [1.29, 1.82) is 0 Å². The SMILES string of the molecule is c1ccc2cc3c(cc2c1)nc1c2sc4ccccc4c2cc(-c2ccc(-c4ccc(-c5ccc(-c6cccc7c6sc6ccccc67)cc5)c5ccccc45)cc2)n31. The van der Waals surface area contributed by atoms with Crippen molar-refractivity contribution in [2.24, 2.45) is 0 Å². The third-order valence-corrected chi connectivity index (χ3v) is 14.6. The minimum absolute atomic E-state index is 1.01. The normalized spacial score (nSPS) is 12.1. The summed E-state index contributed by atoms with van der Waals surface area (Å²) in [6.45, 7) is 0. The summed E-state index contributed by atoms with van der Waals surface area (Å²) in [5, 5.41) is 10.1. The highest BCUT2D eigenvalue weighted by atomic mass is 32.1. The smallest absolute Gasteiger partial charge is 0.156 e. The summed E-state index contributed by atoms with van der Waals surface area (Å²) in [5.41, 5.74) is 12.9. The van der Waals surface area contributed by atoms with Crippen LogP contribution in [0.2, 0.25) is 0 Å². The van der Waals surface area contributed by atoms with E-state index in [0.717, 1.165) is 27.9 Å². The molecule has 0 unspecified atom stereocenters. The van der Waals surface area contributed by atoms with Crippen molar-refractivity contribution in [3.8, 4) is 44.6 Å². The first-order valence-electron chi connectivity index (χ1n) is 20.0. The van der Waals surface area contributed by atoms with Crippen LogP contribution in [0.15, 0.2) is 194 Å². The van der Waals surface area contributed by atoms with E-state index < -0.39 is 0 Å². The highest BCUT2D eigenvalue weighted by Crippen LogP contribution is 2.43. The Bertz CT molecular complexity index is 3820. The van der Waals surface area contributed by atoms with Gasteiger partial charge in [0.2, 0.25) is 0 Å². The summed E-state index contributed by atoms with van der Waals surface area (Å²) in [6, 6.07) is 71.4. The van der Waals surface area contributed by atoms with Gasteiger partial charge in [-0.15, -0.1) is 22.7 Å². The second-order valence-electron chi connectivity index (χ2n) is 15.5. The second kappa shape index (κ2) is 12.7. The lowest BCUT2D eigenvalue weighted by Gasteiger charge is -2.14. The van der Waals surface area contributed by atoms with E-state index in [1.807, 2.05) is 22.7 Å². The molecule has 4 heteroatoms. The highest BCUT2D eigenvalue weighted by molar-refractivity contribution is 7.26. The van der Waals surface area contributed by atoms with Crippen LogP contribution in [-0.2, 0) is 0 Å². The molecule has 0 amide bonds. The number of aromatic nitrogens is 2. The number of hydrogen-bond donors (Lipinski definition) is 0. The predicted molar refractivity (Wildman–Crippen MR) is 255 cm³/mol. The fourth-order valence-electron chi connectivity index (χ4n) is 9.37. The first kappa shape index (κ1) is 32.9. The number of hydrogen-bond acceptors (Lipinski definition) is 3. The molecular formula is C55H32N2S2. The van der Waals surface area contributed by atoms with E-state index >= 15 is 0 Å². The summed E-state index contributed by atoms with van der Waals surface area (Å²) in [6.07, 6.45) is 0. The molecule has 0 aliphatic rings. The van der Waals surface area contributed by atoms with Crippen LogP contribution in [0.25, 0.3) is 123 Å². The Morgan fingerprint density at radius 2 is 0.864 bits per heavy atom. The number of thiophene rings is 2. The molecule has 0 atom stereocenters. The molecular weight excluding hydrogens is 753 g/mol. The minimum atomic E-state index is 1.01. The number of imidazole rings is 1. The molecule has 0 aliphatic carbocycles. The minimum Gasteiger partial charge on any atom is -0.291 e. The Morgan fingerprint density at radius 3 is 1.53 bits per heavy atom. The number of fused-ring (bicyclic) bond motifs is 12. The van der Waals surface area contributed by atoms with Crippen LogP contribution in [0.4, 0.5) is 0 Å². The average Bonchev–Trinajstić information content (AvgIpc) is 3.99. The third-order valence-electron chi connectivity index (χ3n) is 12.2. The Hall–Kier alpha value is -7.11. The summed E-state index contributed by atoms with van der Waals surface area (Å²) in [4.78, 5) is 5.32. The lowest BCUT2D eigenvalue weighted by Crippen LogP contribution is -1.93. The molecule has 0 N–H and O–H groups in total. The monoisotopic (exact) mass is 784 g/mol. The molecule has 274 valence electrons. The van der Waals surface area contributed by atoms with Crippen molar-refractivity contribution in [2.45, 2.75) is 0 Å². The van der Waals surface area contributed by atoms with Crippen molar-refractivity contribution in [3.63, 3.8) is 0 Å². The number of nitrogens with zero attached hydrogens (tertiary/aromatic N) is 2. The van der Waals surface area contributed by atoms with Crippen LogP contribution in [0.5, 0.6) is 0 Å². The van der Waals surface area contributed by atoms with Crippen LogP contribution in [-0.4, -0.2) is 9.38 Å². The summed E-state index contributed by atoms with van der Waals surface area (Å²) >= 11 is 3.72. The zero-order valence-corrected chi connectivity index (χ0v) is 33.3. The van der Waals surface area contributed by atoms with Crippen molar-refractivity contribution < 1.29 is 0 Å². The molecule has 13 aromatic rings. The van der Waals surface area contributed by atoms with Crippen molar-refractivity contribution >= 4 is 101 Å². The molecule has 0 aliphatic heterocycles. The van der Waals surface area contributed by atoms with Crippen LogP contribution in [0.3, 0.4) is 0 Å². The number of pyridine rings is 1. The van der Waals surface area contributed by atoms with Crippen LogP contribution in [0.1, 0.15) is 0 Å². The van der Waals surface area contributed by atoms with Gasteiger partial charge < -0.3 is 0 Å². The fraction of sp³-hybridized carbons (Fsp3) is 0. The summed E-state index contributed by atoms with van der Waals surface area (Å²) < 4.78 is 7.57. The van der Waals surface area contributed by atoms with Gasteiger partial charge in [-0.3, -0.25) is 4.40 Å². The van der Waals surface area contributed by atoms with Gasteiger partial charge >= 0.3 is 0 Å². The maximum atomic E-state index is 5.32. The molecule has 59 heavy (non-hydrogen) atoms. The molecule has 0 bridgehead atoms. The van der Waals surface area contributed by atoms with Gasteiger partial charge in [0.1, 0.15) is 0 Å². The Labute approximate surface area is 347 Å². The average molecular weight is 785 g/mol. The number of rotatable bonds is 4. The Kier molecular flexibility index (Phi) is 7.08. The molecule has 0 spiro atoms. The van der Waals surface area contributed by atoms with E-state index in [-0.39, 0.29) is 0 Å². The fourth-order valence-corrected chi connectivity index (χ4v) is 11.8. The molecule has 9 aromatic carbocycles. The van der Waals surface area contributed by atoms with E-state index in [1.54, 1.807) is 0 Å². The molecule has 13 rings (SSSR count). The Morgan fingerprint density at radius 1 is 0.356 bits per heavy atom. The largest absolute Gasteiger partial charge is 0.291 e. The van der Waals surface area contributed by atoms with Crippen LogP contribution >= 0.6 is 22.7 Å². The lowest BCUT2D eigenvalue weighted by molar-refractivity contribution is 1.25. The first-order valence-corrected chi connectivity index (χ1v) is 21.7. The molecule has 0 fully saturated rings. The van der Waals surface area contributed by atoms with Crippen molar-refractivity contribution in [1.82, 2.24) is 9.38 Å². The number of benzene rings is 9. The molecule has 2 nitrogen and oxygen atoms in total. The van der Waals surface area contributed by atoms with E-state index in [4.69, 9.17) is 4.98 Å². The van der Waals surface area contributed by atoms with E-state index in [0.29, 0.717) is 0 Å². The summed E-state index contributed by atoms with van der Waals surface area (Å²) in [7, 11) is 0. The topological polar surface area (TPSA) is 17.3 Å². The quantitative estimate of drug-likeness (QED) is 0.174. The predicted octanol–water partition coefficient (Wildman–Crippen LogP) is 16.2. The van der Waals surface area contributed by atoms with Gasteiger partial charge in [-0.1, -0.05) is 164 Å². The van der Waals surface area contributed by atoms with E-state index in [9.17, 15) is 0 Å². The van der Waals surface area contributed by atoms with Crippen LogP contribution in [0, 0.1) is 0 Å². The van der Waals surface area contributed by atoms with Gasteiger partial charge in [0, 0.05) is 35.6 Å². The highest BCUT2D eigenvalue weighted by Gasteiger charge is 2.19. The standard InChI is InChI=1S/C55H32N2S2/c1-2-11-38-31-50-48(30-37(38)10-1)56-55-54-47(45-15-6-8-19-52(45)59-54)32-49(57(50)55)36-26-24-34(25-27-36)40-29-28-39(42-12-3-4-13-43(40)42)33-20-22-35(23-21-33)41-16-9-17-46-44-14-5-7-18-51(44)58-53(41)46/h1-32H. The van der Waals surface area contributed by atoms with E-state index in [1.165, 1.54) is 95.3 Å². The second-order valence-corrected chi connectivity index (χ2v) is 17.6. The summed E-state index contributed by atoms with van der Waals surface area (Å²) in [5.74, 6) is 0. The first-order chi connectivity index (χ1) is 29.2. The molecule has 4 heterocycles. The van der Waals surface area contributed by atoms with Crippen molar-refractivity contribution in [3.05, 3.63) is 194 Å². The zero-order valence-electron chi connectivity index (χ0n) is 31.7. The third kappa shape index (κ3) is 5.01. The van der Waals surface area contributed by atoms with Gasteiger partial charge in [-0.2, -0.15) is 0 Å².